The van der Waals surface area contributed by atoms with Crippen molar-refractivity contribution in [3.05, 3.63) is 23.8 Å². The molecule has 5 N–H and O–H groups in total. The number of hydrogen-bond donors (Lipinski definition) is 4. The van der Waals surface area contributed by atoms with Gasteiger partial charge in [0.1, 0.15) is 0 Å². The van der Waals surface area contributed by atoms with E-state index in [0.29, 0.717) is 0 Å². The van der Waals surface area contributed by atoms with Gasteiger partial charge in [0.15, 0.2) is 0 Å². The topological polar surface area (TPSA) is 139 Å². The maximum absolute atomic E-state index is 11.2. The first-order chi connectivity index (χ1) is 9.25. The first-order valence-electron chi connectivity index (χ1n) is 5.60. The third-order valence-corrected chi connectivity index (χ3v) is 3.41. The number of nitrogens with one attached hydrogen (secondary N) is 2. The molecule has 0 atom stereocenters. The average molecular weight is 301 g/mol. The summed E-state index contributed by atoms with van der Waals surface area (Å²) in [5.41, 5.74) is -0.0118. The van der Waals surface area contributed by atoms with E-state index < -0.39 is 16.0 Å². The number of rotatable bonds is 6. The van der Waals surface area contributed by atoms with Crippen molar-refractivity contribution in [2.75, 3.05) is 18.9 Å². The molecule has 0 fully saturated rings. The number of anilines is 1. The van der Waals surface area contributed by atoms with E-state index in [4.69, 9.17) is 10.2 Å². The Hall–Kier alpha value is -2.13. The van der Waals surface area contributed by atoms with Crippen LogP contribution in [0.25, 0.3) is 0 Å². The molecular formula is C11H15N3O5S. The van der Waals surface area contributed by atoms with Crippen LogP contribution in [0.4, 0.5) is 5.69 Å². The number of hydrogen-bond acceptors (Lipinski definition) is 5. The Balaban J connectivity index is 2.97. The van der Waals surface area contributed by atoms with E-state index >= 15 is 0 Å². The van der Waals surface area contributed by atoms with Gasteiger partial charge in [0, 0.05) is 25.7 Å². The fourth-order valence-corrected chi connectivity index (χ4v) is 2.01. The Morgan fingerprint density at radius 3 is 2.50 bits per heavy atom. The third kappa shape index (κ3) is 4.21. The Morgan fingerprint density at radius 2 is 2.00 bits per heavy atom. The minimum atomic E-state index is -3.97. The van der Waals surface area contributed by atoms with Gasteiger partial charge >= 0.3 is 5.97 Å². The lowest BCUT2D eigenvalue weighted by atomic mass is 10.1. The Morgan fingerprint density at radius 1 is 1.35 bits per heavy atom. The highest BCUT2D eigenvalue weighted by Gasteiger charge is 2.15. The molecule has 0 aliphatic heterocycles. The van der Waals surface area contributed by atoms with Gasteiger partial charge in [0.25, 0.3) is 0 Å². The summed E-state index contributed by atoms with van der Waals surface area (Å²) in [6.07, 6.45) is 0.159. The van der Waals surface area contributed by atoms with E-state index in [2.05, 4.69) is 10.6 Å². The zero-order valence-corrected chi connectivity index (χ0v) is 11.5. The van der Waals surface area contributed by atoms with Gasteiger partial charge in [-0.3, -0.25) is 4.79 Å². The first-order valence-corrected chi connectivity index (χ1v) is 7.15. The molecule has 0 saturated carbocycles. The van der Waals surface area contributed by atoms with Crippen LogP contribution in [0.2, 0.25) is 0 Å². The van der Waals surface area contributed by atoms with Crippen molar-refractivity contribution < 1.29 is 23.1 Å². The number of carbonyl (C=O) groups excluding carboxylic acids is 1. The van der Waals surface area contributed by atoms with Gasteiger partial charge in [0.05, 0.1) is 10.5 Å². The Kier molecular flexibility index (Phi) is 5.06. The molecule has 1 rings (SSSR count). The highest BCUT2D eigenvalue weighted by Crippen LogP contribution is 2.20. The molecular weight excluding hydrogens is 286 g/mol. The molecule has 0 spiro atoms. The van der Waals surface area contributed by atoms with E-state index in [9.17, 15) is 18.0 Å². The second kappa shape index (κ2) is 6.35. The molecule has 0 radical (unpaired) electrons. The van der Waals surface area contributed by atoms with Gasteiger partial charge in [0.2, 0.25) is 15.9 Å². The SMILES string of the molecule is CNC(=O)CCNc1ccc(S(N)(=O)=O)cc1C(=O)O. The summed E-state index contributed by atoms with van der Waals surface area (Å²) in [5.74, 6) is -1.49. The molecule has 110 valence electrons. The fourth-order valence-electron chi connectivity index (χ4n) is 1.47. The lowest BCUT2D eigenvalue weighted by Gasteiger charge is -2.10. The predicted molar refractivity (Wildman–Crippen MR) is 71.9 cm³/mol. The van der Waals surface area contributed by atoms with E-state index in [-0.39, 0.29) is 35.0 Å². The Labute approximate surface area is 116 Å². The van der Waals surface area contributed by atoms with Crippen molar-refractivity contribution in [1.29, 1.82) is 0 Å². The molecule has 0 saturated heterocycles. The smallest absolute Gasteiger partial charge is 0.337 e. The molecule has 0 unspecified atom stereocenters. The second-order valence-electron chi connectivity index (χ2n) is 3.91. The summed E-state index contributed by atoms with van der Waals surface area (Å²) in [4.78, 5) is 21.9. The van der Waals surface area contributed by atoms with Crippen LogP contribution in [0.3, 0.4) is 0 Å². The molecule has 8 nitrogen and oxygen atoms in total. The molecule has 0 heterocycles. The van der Waals surface area contributed by atoms with Crippen LogP contribution in [-0.4, -0.2) is 39.0 Å². The van der Waals surface area contributed by atoms with E-state index in [1.807, 2.05) is 0 Å². The number of primary sulfonamides is 1. The molecule has 1 aromatic rings. The maximum atomic E-state index is 11.2. The molecule has 1 aromatic carbocycles. The van der Waals surface area contributed by atoms with Gasteiger partial charge < -0.3 is 15.7 Å². The summed E-state index contributed by atoms with van der Waals surface area (Å²) in [6, 6.07) is 3.47. The monoisotopic (exact) mass is 301 g/mol. The normalized spacial score (nSPS) is 10.9. The molecule has 1 amide bonds. The van der Waals surface area contributed by atoms with Gasteiger partial charge in [-0.25, -0.2) is 18.4 Å². The number of amides is 1. The number of carbonyl (C=O) groups is 2. The van der Waals surface area contributed by atoms with Crippen LogP contribution in [0.15, 0.2) is 23.1 Å². The van der Waals surface area contributed by atoms with Crippen LogP contribution in [0.5, 0.6) is 0 Å². The summed E-state index contributed by atoms with van der Waals surface area (Å²) in [6.45, 7) is 0.217. The average Bonchev–Trinajstić information content (AvgIpc) is 2.37. The predicted octanol–water partition coefficient (Wildman–Crippen LogP) is -0.420. The number of sulfonamides is 1. The van der Waals surface area contributed by atoms with Gasteiger partial charge in [-0.2, -0.15) is 0 Å². The van der Waals surface area contributed by atoms with Crippen molar-refractivity contribution in [3.63, 3.8) is 0 Å². The van der Waals surface area contributed by atoms with Crippen molar-refractivity contribution in [3.8, 4) is 0 Å². The molecule has 0 aliphatic rings. The second-order valence-corrected chi connectivity index (χ2v) is 5.47. The summed E-state index contributed by atoms with van der Waals surface area (Å²) in [5, 5.41) is 19.2. The first kappa shape index (κ1) is 15.9. The zero-order chi connectivity index (χ0) is 15.3. The van der Waals surface area contributed by atoms with Crippen LogP contribution in [-0.2, 0) is 14.8 Å². The van der Waals surface area contributed by atoms with Crippen LogP contribution >= 0.6 is 0 Å². The van der Waals surface area contributed by atoms with E-state index in [1.165, 1.54) is 19.2 Å². The van der Waals surface area contributed by atoms with Gasteiger partial charge in [-0.1, -0.05) is 0 Å². The van der Waals surface area contributed by atoms with Crippen molar-refractivity contribution in [2.45, 2.75) is 11.3 Å². The van der Waals surface area contributed by atoms with Crippen molar-refractivity contribution in [2.24, 2.45) is 5.14 Å². The lowest BCUT2D eigenvalue weighted by Crippen LogP contribution is -2.21. The summed E-state index contributed by atoms with van der Waals surface area (Å²) in [7, 11) is -2.48. The minimum absolute atomic E-state index is 0.159. The van der Waals surface area contributed by atoms with Crippen LogP contribution in [0.1, 0.15) is 16.8 Å². The van der Waals surface area contributed by atoms with Crippen molar-refractivity contribution >= 4 is 27.6 Å². The third-order valence-electron chi connectivity index (χ3n) is 2.50. The highest BCUT2D eigenvalue weighted by molar-refractivity contribution is 7.89. The van der Waals surface area contributed by atoms with Gasteiger partial charge in [-0.15, -0.1) is 0 Å². The maximum Gasteiger partial charge on any atom is 0.337 e. The number of carboxylic acid groups (broad SMARTS) is 1. The number of nitrogens with two attached hydrogens (primary N) is 1. The number of aromatic carboxylic acids is 1. The zero-order valence-electron chi connectivity index (χ0n) is 10.7. The molecule has 0 aromatic heterocycles. The quantitative estimate of drug-likeness (QED) is 0.563. The molecule has 9 heteroatoms. The number of carboxylic acids is 1. The summed E-state index contributed by atoms with van der Waals surface area (Å²) >= 11 is 0. The largest absolute Gasteiger partial charge is 0.478 e. The van der Waals surface area contributed by atoms with Crippen molar-refractivity contribution in [1.82, 2.24) is 5.32 Å². The van der Waals surface area contributed by atoms with Crippen LogP contribution < -0.4 is 15.8 Å². The van der Waals surface area contributed by atoms with E-state index in [0.717, 1.165) is 6.07 Å². The minimum Gasteiger partial charge on any atom is -0.478 e. The standard InChI is InChI=1S/C11H15N3O5S/c1-13-10(15)4-5-14-9-3-2-7(20(12,18)19)6-8(9)11(16)17/h2-3,6,14H,4-5H2,1H3,(H,13,15)(H,16,17)(H2,12,18,19). The highest BCUT2D eigenvalue weighted by atomic mass is 32.2. The van der Waals surface area contributed by atoms with E-state index in [1.54, 1.807) is 0 Å². The van der Waals surface area contributed by atoms with Gasteiger partial charge in [-0.05, 0) is 18.2 Å². The molecule has 0 bridgehead atoms. The molecule has 20 heavy (non-hydrogen) atoms. The lowest BCUT2D eigenvalue weighted by molar-refractivity contribution is -0.120. The fraction of sp³-hybridized carbons (Fsp3) is 0.273. The summed E-state index contributed by atoms with van der Waals surface area (Å²) < 4.78 is 22.3. The number of benzene rings is 1. The molecule has 0 aliphatic carbocycles. The van der Waals surface area contributed by atoms with Crippen LogP contribution in [0, 0.1) is 0 Å². The Bertz CT molecular complexity index is 627.